The number of anilines is 1. The number of carbonyl (C=O) groups is 2. The molecule has 1 aliphatic rings. The smallest absolute Gasteiger partial charge is 0.244 e. The molecule has 2 rings (SSSR count). The lowest BCUT2D eigenvalue weighted by Gasteiger charge is -2.27. The van der Waals surface area contributed by atoms with E-state index in [1.165, 1.54) is 11.0 Å². The summed E-state index contributed by atoms with van der Waals surface area (Å²) in [7, 11) is 0. The fourth-order valence-electron chi connectivity index (χ4n) is 2.78. The third kappa shape index (κ3) is 3.64. The highest BCUT2D eigenvalue weighted by molar-refractivity contribution is 6.05. The number of nitrogens with two attached hydrogens (primary N) is 1. The summed E-state index contributed by atoms with van der Waals surface area (Å²) in [6.07, 6.45) is 2.79. The van der Waals surface area contributed by atoms with E-state index in [0.29, 0.717) is 25.1 Å². The molecule has 6 nitrogen and oxygen atoms in total. The average Bonchev–Trinajstić information content (AvgIpc) is 2.91. The van der Waals surface area contributed by atoms with Gasteiger partial charge in [-0.3, -0.25) is 14.5 Å². The Morgan fingerprint density at radius 2 is 2.17 bits per heavy atom. The Kier molecular flexibility index (Phi) is 5.60. The van der Waals surface area contributed by atoms with Gasteiger partial charge in [0, 0.05) is 18.7 Å². The third-order valence-electron chi connectivity index (χ3n) is 4.17. The normalized spacial score (nSPS) is 17.7. The number of nitrogens with zero attached hydrogens (tertiary/aromatic N) is 1. The highest BCUT2D eigenvalue weighted by Gasteiger charge is 2.39. The number of phenolic OH excluding ortho intramolecular Hbond substituents is 1. The van der Waals surface area contributed by atoms with E-state index in [1.54, 1.807) is 12.1 Å². The predicted octanol–water partition coefficient (Wildman–Crippen LogP) is 1.30. The molecule has 0 aliphatic carbocycles. The van der Waals surface area contributed by atoms with Crippen LogP contribution in [0.1, 0.15) is 38.7 Å². The van der Waals surface area contributed by atoms with Crippen LogP contribution in [-0.2, 0) is 16.0 Å². The SMILES string of the molecule is CCCCNC(=O)[C@H]1Cc2cc(O)ccc2N1C(=O)[C@@H](N)CC. The molecular formula is C17H25N3O3. The predicted molar refractivity (Wildman–Crippen MR) is 89.3 cm³/mol. The first-order valence-electron chi connectivity index (χ1n) is 8.17. The largest absolute Gasteiger partial charge is 0.508 e. The Morgan fingerprint density at radius 3 is 2.83 bits per heavy atom. The molecule has 0 spiro atoms. The zero-order valence-electron chi connectivity index (χ0n) is 13.7. The molecule has 1 aromatic carbocycles. The number of aromatic hydroxyl groups is 1. The molecule has 0 saturated carbocycles. The zero-order chi connectivity index (χ0) is 17.0. The van der Waals surface area contributed by atoms with Gasteiger partial charge >= 0.3 is 0 Å². The van der Waals surface area contributed by atoms with Crippen molar-refractivity contribution in [2.24, 2.45) is 5.73 Å². The molecule has 0 radical (unpaired) electrons. The lowest BCUT2D eigenvalue weighted by atomic mass is 10.1. The number of fused-ring (bicyclic) bond motifs is 1. The van der Waals surface area contributed by atoms with Crippen molar-refractivity contribution in [1.82, 2.24) is 5.32 Å². The fraction of sp³-hybridized carbons (Fsp3) is 0.529. The van der Waals surface area contributed by atoms with Crippen LogP contribution in [0.4, 0.5) is 5.69 Å². The Balaban J connectivity index is 2.27. The van der Waals surface area contributed by atoms with Gasteiger partial charge in [-0.15, -0.1) is 0 Å². The minimum atomic E-state index is -0.638. The number of rotatable bonds is 6. The zero-order valence-corrected chi connectivity index (χ0v) is 13.7. The number of carbonyl (C=O) groups excluding carboxylic acids is 2. The molecule has 23 heavy (non-hydrogen) atoms. The Morgan fingerprint density at radius 1 is 1.43 bits per heavy atom. The van der Waals surface area contributed by atoms with Crippen LogP contribution in [0.15, 0.2) is 18.2 Å². The second kappa shape index (κ2) is 7.46. The number of phenols is 1. The highest BCUT2D eigenvalue weighted by atomic mass is 16.3. The lowest BCUT2D eigenvalue weighted by molar-refractivity contribution is -0.126. The number of benzene rings is 1. The quantitative estimate of drug-likeness (QED) is 0.689. The summed E-state index contributed by atoms with van der Waals surface area (Å²) in [5, 5.41) is 12.5. The second-order valence-corrected chi connectivity index (χ2v) is 5.90. The minimum Gasteiger partial charge on any atom is -0.508 e. The van der Waals surface area contributed by atoms with Crippen LogP contribution in [0.3, 0.4) is 0 Å². The summed E-state index contributed by atoms with van der Waals surface area (Å²) in [4.78, 5) is 26.6. The summed E-state index contributed by atoms with van der Waals surface area (Å²) in [5.41, 5.74) is 7.34. The molecule has 0 saturated heterocycles. The van der Waals surface area contributed by atoms with E-state index in [0.717, 1.165) is 18.4 Å². The summed E-state index contributed by atoms with van der Waals surface area (Å²) in [6, 6.07) is 3.56. The number of amides is 2. The van der Waals surface area contributed by atoms with Crippen LogP contribution in [0.25, 0.3) is 0 Å². The molecular weight excluding hydrogens is 294 g/mol. The van der Waals surface area contributed by atoms with Crippen LogP contribution >= 0.6 is 0 Å². The maximum absolute atomic E-state index is 12.6. The van der Waals surface area contributed by atoms with Crippen LogP contribution in [-0.4, -0.2) is 35.5 Å². The topological polar surface area (TPSA) is 95.7 Å². The van der Waals surface area contributed by atoms with Gasteiger partial charge in [0.15, 0.2) is 0 Å². The first kappa shape index (κ1) is 17.3. The monoisotopic (exact) mass is 319 g/mol. The molecule has 126 valence electrons. The van der Waals surface area contributed by atoms with Gasteiger partial charge in [-0.25, -0.2) is 0 Å². The first-order valence-corrected chi connectivity index (χ1v) is 8.17. The molecule has 2 atom stereocenters. The van der Waals surface area contributed by atoms with E-state index < -0.39 is 12.1 Å². The molecule has 1 heterocycles. The van der Waals surface area contributed by atoms with Gasteiger partial charge in [-0.1, -0.05) is 20.3 Å². The maximum Gasteiger partial charge on any atom is 0.244 e. The standard InChI is InChI=1S/C17H25N3O3/c1-3-5-8-19-16(22)15-10-11-9-12(21)6-7-14(11)20(15)17(23)13(18)4-2/h6-7,9,13,15,21H,3-5,8,10,18H2,1-2H3,(H,19,22)/t13-,15+/m0/s1. The van der Waals surface area contributed by atoms with E-state index in [9.17, 15) is 14.7 Å². The van der Waals surface area contributed by atoms with Crippen LogP contribution < -0.4 is 16.0 Å². The molecule has 0 bridgehead atoms. The molecule has 1 aromatic rings. The van der Waals surface area contributed by atoms with Crippen molar-refractivity contribution >= 4 is 17.5 Å². The van der Waals surface area contributed by atoms with Crippen molar-refractivity contribution in [3.63, 3.8) is 0 Å². The van der Waals surface area contributed by atoms with Gasteiger partial charge in [-0.05, 0) is 36.6 Å². The van der Waals surface area contributed by atoms with Crippen molar-refractivity contribution < 1.29 is 14.7 Å². The van der Waals surface area contributed by atoms with Crippen molar-refractivity contribution in [2.45, 2.75) is 51.6 Å². The van der Waals surface area contributed by atoms with Gasteiger partial charge in [0.25, 0.3) is 0 Å². The summed E-state index contributed by atoms with van der Waals surface area (Å²) < 4.78 is 0. The van der Waals surface area contributed by atoms with Crippen LogP contribution in [0.2, 0.25) is 0 Å². The van der Waals surface area contributed by atoms with Crippen molar-refractivity contribution in [3.8, 4) is 5.75 Å². The Bertz CT molecular complexity index is 588. The first-order chi connectivity index (χ1) is 11.0. The number of hydrogen-bond donors (Lipinski definition) is 3. The number of nitrogens with one attached hydrogen (secondary N) is 1. The summed E-state index contributed by atoms with van der Waals surface area (Å²) in [6.45, 7) is 4.48. The van der Waals surface area contributed by atoms with Crippen molar-refractivity contribution in [1.29, 1.82) is 0 Å². The van der Waals surface area contributed by atoms with Crippen molar-refractivity contribution in [2.75, 3.05) is 11.4 Å². The average molecular weight is 319 g/mol. The van der Waals surface area contributed by atoms with E-state index in [2.05, 4.69) is 12.2 Å². The summed E-state index contributed by atoms with van der Waals surface area (Å²) in [5.74, 6) is -0.304. The molecule has 0 fully saturated rings. The van der Waals surface area contributed by atoms with E-state index >= 15 is 0 Å². The molecule has 6 heteroatoms. The van der Waals surface area contributed by atoms with E-state index in [4.69, 9.17) is 5.73 Å². The van der Waals surface area contributed by atoms with Gasteiger partial charge in [-0.2, -0.15) is 0 Å². The Labute approximate surface area is 136 Å². The van der Waals surface area contributed by atoms with Gasteiger partial charge < -0.3 is 16.2 Å². The third-order valence-corrected chi connectivity index (χ3v) is 4.17. The minimum absolute atomic E-state index is 0.128. The number of unbranched alkanes of at least 4 members (excludes halogenated alkanes) is 1. The molecule has 0 aromatic heterocycles. The van der Waals surface area contributed by atoms with Gasteiger partial charge in [0.1, 0.15) is 11.8 Å². The van der Waals surface area contributed by atoms with Crippen molar-refractivity contribution in [3.05, 3.63) is 23.8 Å². The highest BCUT2D eigenvalue weighted by Crippen LogP contribution is 2.35. The molecule has 1 aliphatic heterocycles. The number of hydrogen-bond acceptors (Lipinski definition) is 4. The molecule has 4 N–H and O–H groups in total. The maximum atomic E-state index is 12.6. The lowest BCUT2D eigenvalue weighted by Crippen LogP contribution is -2.53. The summed E-state index contributed by atoms with van der Waals surface area (Å²) >= 11 is 0. The van der Waals surface area contributed by atoms with Crippen LogP contribution in [0, 0.1) is 0 Å². The fourth-order valence-corrected chi connectivity index (χ4v) is 2.78. The van der Waals surface area contributed by atoms with E-state index in [1.807, 2.05) is 6.92 Å². The van der Waals surface area contributed by atoms with Gasteiger partial charge in [0.2, 0.25) is 11.8 Å². The van der Waals surface area contributed by atoms with E-state index in [-0.39, 0.29) is 17.6 Å². The Hall–Kier alpha value is -2.08. The van der Waals surface area contributed by atoms with Crippen LogP contribution in [0.5, 0.6) is 5.75 Å². The second-order valence-electron chi connectivity index (χ2n) is 5.90. The molecule has 2 amide bonds. The van der Waals surface area contributed by atoms with Gasteiger partial charge in [0.05, 0.1) is 6.04 Å². The molecule has 0 unspecified atom stereocenters.